The highest BCUT2D eigenvalue weighted by Crippen LogP contribution is 2.63. The van der Waals surface area contributed by atoms with Crippen LogP contribution in [0.5, 0.6) is 0 Å². The number of hydrogen-bond donors (Lipinski definition) is 0. The van der Waals surface area contributed by atoms with E-state index in [1.54, 1.807) is 0 Å². The summed E-state index contributed by atoms with van der Waals surface area (Å²) >= 11 is 0. The van der Waals surface area contributed by atoms with Crippen LogP contribution in [-0.2, 0) is 5.41 Å². The molecule has 66 heavy (non-hydrogen) atoms. The average Bonchev–Trinajstić information content (AvgIpc) is 4.02. The van der Waals surface area contributed by atoms with Crippen molar-refractivity contribution in [1.29, 1.82) is 0 Å². The molecule has 1 spiro atoms. The summed E-state index contributed by atoms with van der Waals surface area (Å²) in [7, 11) is 0. The van der Waals surface area contributed by atoms with Gasteiger partial charge in [-0.2, -0.15) is 0 Å². The number of furan rings is 1. The van der Waals surface area contributed by atoms with Gasteiger partial charge in [0.2, 0.25) is 0 Å². The average molecular weight is 840 g/mol. The maximum Gasteiger partial charge on any atom is 0.164 e. The normalized spacial score (nSPS) is 13.0. The van der Waals surface area contributed by atoms with Gasteiger partial charge in [-0.25, -0.2) is 15.0 Å². The highest BCUT2D eigenvalue weighted by Gasteiger charge is 2.51. The Morgan fingerprint density at radius 3 is 1.36 bits per heavy atom. The lowest BCUT2D eigenvalue weighted by molar-refractivity contribution is 0.669. The fourth-order valence-electron chi connectivity index (χ4n) is 11.0. The predicted octanol–water partition coefficient (Wildman–Crippen LogP) is 15.6. The van der Waals surface area contributed by atoms with Crippen LogP contribution in [0, 0.1) is 0 Å². The summed E-state index contributed by atoms with van der Waals surface area (Å²) in [5.74, 6) is 1.85. The monoisotopic (exact) mass is 839 g/mol. The molecule has 0 radical (unpaired) electrons. The van der Waals surface area contributed by atoms with Gasteiger partial charge in [0.05, 0.1) is 5.41 Å². The van der Waals surface area contributed by atoms with E-state index < -0.39 is 0 Å². The highest BCUT2D eigenvalue weighted by molar-refractivity contribution is 6.13. The van der Waals surface area contributed by atoms with Gasteiger partial charge in [0, 0.05) is 27.5 Å². The van der Waals surface area contributed by atoms with Crippen molar-refractivity contribution in [2.75, 3.05) is 0 Å². The number of rotatable bonds is 5. The van der Waals surface area contributed by atoms with Crippen LogP contribution in [-0.4, -0.2) is 15.0 Å². The molecular weight excluding hydrogens is 803 g/mol. The molecule has 10 aromatic carbocycles. The summed E-state index contributed by atoms with van der Waals surface area (Å²) in [6, 6.07) is 80.6. The molecule has 4 nitrogen and oxygen atoms in total. The van der Waals surface area contributed by atoms with Crippen LogP contribution in [0.25, 0.3) is 111 Å². The molecule has 0 aliphatic heterocycles. The van der Waals surface area contributed by atoms with E-state index in [2.05, 4.69) is 152 Å². The second-order valence-corrected chi connectivity index (χ2v) is 17.5. The molecule has 4 heteroatoms. The third-order valence-electron chi connectivity index (χ3n) is 13.9. The van der Waals surface area contributed by atoms with Gasteiger partial charge in [-0.1, -0.05) is 188 Å². The number of fused-ring (bicyclic) bond motifs is 14. The Morgan fingerprint density at radius 2 is 0.758 bits per heavy atom. The zero-order chi connectivity index (χ0) is 43.3. The molecule has 0 N–H and O–H groups in total. The highest BCUT2D eigenvalue weighted by atomic mass is 16.3. The van der Waals surface area contributed by atoms with E-state index in [-0.39, 0.29) is 5.41 Å². The zero-order valence-corrected chi connectivity index (χ0v) is 35.6. The Labute approximate surface area is 381 Å². The maximum absolute atomic E-state index is 6.52. The molecular formula is C62H37N3O. The van der Waals surface area contributed by atoms with Gasteiger partial charge in [-0.05, 0) is 114 Å². The molecule has 14 rings (SSSR count). The van der Waals surface area contributed by atoms with E-state index in [9.17, 15) is 0 Å². The van der Waals surface area contributed by atoms with Crippen LogP contribution in [0.15, 0.2) is 229 Å². The molecule has 0 atom stereocenters. The lowest BCUT2D eigenvalue weighted by Gasteiger charge is -2.30. The maximum atomic E-state index is 6.52. The third kappa shape index (κ3) is 5.36. The Kier molecular flexibility index (Phi) is 7.87. The first-order valence-electron chi connectivity index (χ1n) is 22.5. The summed E-state index contributed by atoms with van der Waals surface area (Å²) in [5, 5.41) is 4.37. The second kappa shape index (κ2) is 14.1. The number of hydrogen-bond acceptors (Lipinski definition) is 4. The van der Waals surface area contributed by atoms with Gasteiger partial charge in [-0.15, -0.1) is 0 Å². The van der Waals surface area contributed by atoms with Crippen LogP contribution in [0.2, 0.25) is 0 Å². The van der Waals surface area contributed by atoms with E-state index in [4.69, 9.17) is 19.4 Å². The first kappa shape index (κ1) is 36.7. The van der Waals surface area contributed by atoms with Crippen LogP contribution in [0.1, 0.15) is 22.3 Å². The molecule has 0 fully saturated rings. The lowest BCUT2D eigenvalue weighted by atomic mass is 9.70. The summed E-state index contributed by atoms with van der Waals surface area (Å²) < 4.78 is 6.52. The van der Waals surface area contributed by atoms with Crippen molar-refractivity contribution in [3.05, 3.63) is 247 Å². The molecule has 0 amide bonds. The Morgan fingerprint density at radius 1 is 0.288 bits per heavy atom. The zero-order valence-electron chi connectivity index (χ0n) is 35.6. The van der Waals surface area contributed by atoms with Gasteiger partial charge in [0.25, 0.3) is 0 Å². The van der Waals surface area contributed by atoms with Crippen molar-refractivity contribution < 1.29 is 4.42 Å². The smallest absolute Gasteiger partial charge is 0.164 e. The van der Waals surface area contributed by atoms with Crippen molar-refractivity contribution in [3.63, 3.8) is 0 Å². The largest absolute Gasteiger partial charge is 0.456 e. The van der Waals surface area contributed by atoms with Crippen LogP contribution in [0.4, 0.5) is 0 Å². The van der Waals surface area contributed by atoms with E-state index in [0.717, 1.165) is 49.8 Å². The van der Waals surface area contributed by atoms with E-state index >= 15 is 0 Å². The number of benzene rings is 10. The minimum absolute atomic E-state index is 0.382. The molecule has 2 heterocycles. The molecule has 0 saturated carbocycles. The van der Waals surface area contributed by atoms with Crippen molar-refractivity contribution in [2.24, 2.45) is 0 Å². The molecule has 0 bridgehead atoms. The Bertz CT molecular complexity index is 3820. The van der Waals surface area contributed by atoms with Crippen molar-refractivity contribution in [2.45, 2.75) is 5.41 Å². The number of nitrogens with zero attached hydrogens (tertiary/aromatic N) is 3. The quantitative estimate of drug-likeness (QED) is 0.173. The molecule has 0 saturated heterocycles. The van der Waals surface area contributed by atoms with Gasteiger partial charge in [-0.3, -0.25) is 0 Å². The molecule has 12 aromatic rings. The van der Waals surface area contributed by atoms with Gasteiger partial charge in [0.1, 0.15) is 11.2 Å². The standard InChI is InChI=1S/C62H37N3O/c1-3-14-39(15-4-1)59-63-60(40-16-5-2-6-17-40)65-61(64-59)50-21-13-25-57-58(50)51-36-43(31-33-56(51)66-57)41-28-26-38-27-29-42(35-45(38)34-41)44-30-32-49-48-20-9-12-24-54(48)62(55(49)37-44)52-22-10-7-18-46(52)47-19-8-11-23-53(47)62/h1-37H. The fourth-order valence-corrected chi connectivity index (χ4v) is 11.0. The van der Waals surface area contributed by atoms with Gasteiger partial charge >= 0.3 is 0 Å². The van der Waals surface area contributed by atoms with Crippen molar-refractivity contribution in [3.8, 4) is 78.7 Å². The topological polar surface area (TPSA) is 51.8 Å². The minimum Gasteiger partial charge on any atom is -0.456 e. The van der Waals surface area contributed by atoms with E-state index in [1.165, 1.54) is 66.4 Å². The first-order valence-corrected chi connectivity index (χ1v) is 22.5. The number of aromatic nitrogens is 3. The van der Waals surface area contributed by atoms with E-state index in [0.29, 0.717) is 17.5 Å². The molecule has 2 aromatic heterocycles. The summed E-state index contributed by atoms with van der Waals surface area (Å²) in [5.41, 5.74) is 19.3. The summed E-state index contributed by atoms with van der Waals surface area (Å²) in [6.45, 7) is 0. The van der Waals surface area contributed by atoms with Gasteiger partial charge in [0.15, 0.2) is 17.5 Å². The van der Waals surface area contributed by atoms with Gasteiger partial charge < -0.3 is 4.42 Å². The molecule has 306 valence electrons. The summed E-state index contributed by atoms with van der Waals surface area (Å²) in [6.07, 6.45) is 0. The Balaban J connectivity index is 0.887. The minimum atomic E-state index is -0.382. The molecule has 0 unspecified atom stereocenters. The molecule has 2 aliphatic carbocycles. The van der Waals surface area contributed by atoms with Crippen LogP contribution >= 0.6 is 0 Å². The summed E-state index contributed by atoms with van der Waals surface area (Å²) in [4.78, 5) is 15.1. The van der Waals surface area contributed by atoms with Crippen molar-refractivity contribution >= 4 is 32.7 Å². The first-order chi connectivity index (χ1) is 32.7. The van der Waals surface area contributed by atoms with Crippen molar-refractivity contribution in [1.82, 2.24) is 15.0 Å². The third-order valence-corrected chi connectivity index (χ3v) is 13.9. The Hall–Kier alpha value is -8.73. The lowest BCUT2D eigenvalue weighted by Crippen LogP contribution is -2.25. The predicted molar refractivity (Wildman–Crippen MR) is 268 cm³/mol. The van der Waals surface area contributed by atoms with Crippen LogP contribution < -0.4 is 0 Å². The molecule has 2 aliphatic rings. The fraction of sp³-hybridized carbons (Fsp3) is 0.0161. The second-order valence-electron chi connectivity index (χ2n) is 17.5. The SMILES string of the molecule is c1ccc(-c2nc(-c3ccccc3)nc(-c3cccc4oc5ccc(-c6ccc7ccc(-c8ccc9c(c8)C8(c%10ccccc%10-c%10ccccc%108)c8ccccc8-9)cc7c6)cc5c34)n2)cc1. The van der Waals surface area contributed by atoms with Crippen LogP contribution in [0.3, 0.4) is 0 Å². The van der Waals surface area contributed by atoms with E-state index in [1.807, 2.05) is 72.8 Å².